The van der Waals surface area contributed by atoms with E-state index in [1.54, 1.807) is 6.26 Å². The van der Waals surface area contributed by atoms with Gasteiger partial charge in [0.25, 0.3) is 0 Å². The van der Waals surface area contributed by atoms with Crippen LogP contribution in [0.5, 0.6) is 0 Å². The highest BCUT2D eigenvalue weighted by atomic mass is 79.9. The first-order valence-electron chi connectivity index (χ1n) is 6.94. The van der Waals surface area contributed by atoms with Gasteiger partial charge in [0.05, 0.1) is 17.3 Å². The quantitative estimate of drug-likeness (QED) is 0.873. The topological polar surface area (TPSA) is 28.4 Å². The molecule has 102 valence electrons. The molecule has 18 heavy (non-hydrogen) atoms. The van der Waals surface area contributed by atoms with Crippen LogP contribution in [0.3, 0.4) is 0 Å². The molecular weight excluding hydrogens is 292 g/mol. The number of rotatable bonds is 6. The number of halogens is 1. The van der Waals surface area contributed by atoms with Crippen molar-refractivity contribution >= 4 is 15.9 Å². The van der Waals surface area contributed by atoms with Gasteiger partial charge in [-0.05, 0) is 66.8 Å². The monoisotopic (exact) mass is 314 g/mol. The van der Waals surface area contributed by atoms with E-state index in [4.69, 9.17) is 4.42 Å². The highest BCUT2D eigenvalue weighted by Gasteiger charge is 2.18. The summed E-state index contributed by atoms with van der Waals surface area (Å²) in [6.07, 6.45) is 5.57. The van der Waals surface area contributed by atoms with Crippen molar-refractivity contribution in [2.24, 2.45) is 5.92 Å². The van der Waals surface area contributed by atoms with Crippen LogP contribution in [0.4, 0.5) is 0 Å². The normalized spacial score (nSPS) is 17.5. The number of hydrogen-bond donors (Lipinski definition) is 1. The molecule has 0 atom stereocenters. The lowest BCUT2D eigenvalue weighted by Crippen LogP contribution is -2.36. The number of piperidine rings is 1. The zero-order chi connectivity index (χ0) is 12.8. The predicted octanol–water partition coefficient (Wildman–Crippen LogP) is 3.25. The van der Waals surface area contributed by atoms with Crippen LogP contribution in [0.2, 0.25) is 0 Å². The Hall–Kier alpha value is -0.320. The van der Waals surface area contributed by atoms with E-state index in [2.05, 4.69) is 33.1 Å². The van der Waals surface area contributed by atoms with Gasteiger partial charge in [-0.3, -0.25) is 4.90 Å². The molecule has 0 unspecified atom stereocenters. The van der Waals surface area contributed by atoms with Crippen molar-refractivity contribution in [1.29, 1.82) is 0 Å². The van der Waals surface area contributed by atoms with E-state index in [1.807, 2.05) is 6.07 Å². The molecule has 2 heterocycles. The van der Waals surface area contributed by atoms with Crippen molar-refractivity contribution in [2.45, 2.75) is 32.7 Å². The minimum absolute atomic E-state index is 0.839. The largest absolute Gasteiger partial charge is 0.467 e. The molecule has 1 aliphatic rings. The molecule has 1 aliphatic heterocycles. The summed E-state index contributed by atoms with van der Waals surface area (Å²) in [6.45, 7) is 7.86. The fourth-order valence-electron chi connectivity index (χ4n) is 2.62. The third kappa shape index (κ3) is 4.11. The Kier molecular flexibility index (Phi) is 5.73. The first-order chi connectivity index (χ1) is 8.79. The van der Waals surface area contributed by atoms with Gasteiger partial charge in [-0.25, -0.2) is 0 Å². The van der Waals surface area contributed by atoms with E-state index in [0.29, 0.717) is 0 Å². The summed E-state index contributed by atoms with van der Waals surface area (Å²) in [5.74, 6) is 1.89. The van der Waals surface area contributed by atoms with Gasteiger partial charge in [0.1, 0.15) is 5.76 Å². The van der Waals surface area contributed by atoms with Crippen LogP contribution in [0.25, 0.3) is 0 Å². The first-order valence-corrected chi connectivity index (χ1v) is 7.74. The molecule has 0 saturated carbocycles. The molecule has 1 fully saturated rings. The molecule has 1 aromatic heterocycles. The number of furan rings is 1. The van der Waals surface area contributed by atoms with Crippen LogP contribution < -0.4 is 5.32 Å². The third-order valence-corrected chi connectivity index (χ3v) is 4.28. The standard InChI is InChI=1S/C14H23BrN2O/c1-2-8-17(10-12-3-6-16-7-4-12)11-14-13(15)5-9-18-14/h5,9,12,16H,2-4,6-8,10-11H2,1H3. The molecule has 4 heteroatoms. The van der Waals surface area contributed by atoms with Crippen molar-refractivity contribution in [1.82, 2.24) is 10.2 Å². The highest BCUT2D eigenvalue weighted by molar-refractivity contribution is 9.10. The second-order valence-corrected chi connectivity index (χ2v) is 5.97. The Morgan fingerprint density at radius 3 is 2.83 bits per heavy atom. The smallest absolute Gasteiger partial charge is 0.131 e. The minimum atomic E-state index is 0.839. The summed E-state index contributed by atoms with van der Waals surface area (Å²) < 4.78 is 6.62. The Labute approximate surface area is 118 Å². The van der Waals surface area contributed by atoms with Crippen molar-refractivity contribution < 1.29 is 4.42 Å². The molecular formula is C14H23BrN2O. The van der Waals surface area contributed by atoms with Crippen LogP contribution in [0.15, 0.2) is 21.2 Å². The minimum Gasteiger partial charge on any atom is -0.467 e. The molecule has 2 rings (SSSR count). The van der Waals surface area contributed by atoms with Crippen LogP contribution >= 0.6 is 15.9 Å². The lowest BCUT2D eigenvalue weighted by atomic mass is 9.97. The first kappa shape index (κ1) is 14.1. The average Bonchev–Trinajstić information content (AvgIpc) is 2.77. The number of nitrogens with zero attached hydrogens (tertiary/aromatic N) is 1. The van der Waals surface area contributed by atoms with Gasteiger partial charge in [0.2, 0.25) is 0 Å². The van der Waals surface area contributed by atoms with E-state index in [1.165, 1.54) is 38.9 Å². The van der Waals surface area contributed by atoms with Gasteiger partial charge in [0, 0.05) is 6.54 Å². The zero-order valence-electron chi connectivity index (χ0n) is 11.1. The molecule has 0 amide bonds. The molecule has 1 aromatic rings. The molecule has 1 saturated heterocycles. The second kappa shape index (κ2) is 7.31. The zero-order valence-corrected chi connectivity index (χ0v) is 12.7. The molecule has 0 aliphatic carbocycles. The summed E-state index contributed by atoms with van der Waals surface area (Å²) in [4.78, 5) is 2.53. The van der Waals surface area contributed by atoms with E-state index >= 15 is 0 Å². The lowest BCUT2D eigenvalue weighted by Gasteiger charge is -2.29. The molecule has 0 radical (unpaired) electrons. The van der Waals surface area contributed by atoms with Crippen molar-refractivity contribution in [3.8, 4) is 0 Å². The van der Waals surface area contributed by atoms with Crippen LogP contribution in [-0.4, -0.2) is 31.1 Å². The van der Waals surface area contributed by atoms with E-state index in [-0.39, 0.29) is 0 Å². The van der Waals surface area contributed by atoms with E-state index in [0.717, 1.165) is 29.2 Å². The maximum absolute atomic E-state index is 5.53. The molecule has 0 spiro atoms. The highest BCUT2D eigenvalue weighted by Crippen LogP contribution is 2.21. The maximum Gasteiger partial charge on any atom is 0.131 e. The summed E-state index contributed by atoms with van der Waals surface area (Å²) in [6, 6.07) is 1.98. The van der Waals surface area contributed by atoms with Crippen LogP contribution in [-0.2, 0) is 6.54 Å². The Bertz CT molecular complexity index is 347. The molecule has 1 N–H and O–H groups in total. The maximum atomic E-state index is 5.53. The van der Waals surface area contributed by atoms with Crippen LogP contribution in [0, 0.1) is 5.92 Å². The average molecular weight is 315 g/mol. The fraction of sp³-hybridized carbons (Fsp3) is 0.714. The van der Waals surface area contributed by atoms with E-state index < -0.39 is 0 Å². The number of hydrogen-bond acceptors (Lipinski definition) is 3. The third-order valence-electron chi connectivity index (χ3n) is 3.57. The Balaban J connectivity index is 1.88. The van der Waals surface area contributed by atoms with Crippen molar-refractivity contribution in [2.75, 3.05) is 26.2 Å². The summed E-state index contributed by atoms with van der Waals surface area (Å²) in [5.41, 5.74) is 0. The van der Waals surface area contributed by atoms with Gasteiger partial charge < -0.3 is 9.73 Å². The van der Waals surface area contributed by atoms with Gasteiger partial charge in [-0.2, -0.15) is 0 Å². The molecule has 0 aromatic carbocycles. The fourth-order valence-corrected chi connectivity index (χ4v) is 2.95. The van der Waals surface area contributed by atoms with Crippen LogP contribution in [0.1, 0.15) is 31.9 Å². The number of nitrogens with one attached hydrogen (secondary N) is 1. The summed E-state index contributed by atoms with van der Waals surface area (Å²) >= 11 is 3.54. The summed E-state index contributed by atoms with van der Waals surface area (Å²) in [7, 11) is 0. The SMILES string of the molecule is CCCN(Cc1occc1Br)CC1CCNCC1. The van der Waals surface area contributed by atoms with E-state index in [9.17, 15) is 0 Å². The molecule has 3 nitrogen and oxygen atoms in total. The Morgan fingerprint density at radius 1 is 1.44 bits per heavy atom. The van der Waals surface area contributed by atoms with Gasteiger partial charge >= 0.3 is 0 Å². The summed E-state index contributed by atoms with van der Waals surface area (Å²) in [5, 5.41) is 3.43. The Morgan fingerprint density at radius 2 is 2.22 bits per heavy atom. The lowest BCUT2D eigenvalue weighted by molar-refractivity contribution is 0.186. The second-order valence-electron chi connectivity index (χ2n) is 5.12. The van der Waals surface area contributed by atoms with Gasteiger partial charge in [0.15, 0.2) is 0 Å². The molecule has 0 bridgehead atoms. The van der Waals surface area contributed by atoms with Crippen molar-refractivity contribution in [3.05, 3.63) is 22.6 Å². The van der Waals surface area contributed by atoms with Crippen molar-refractivity contribution in [3.63, 3.8) is 0 Å². The van der Waals surface area contributed by atoms with Gasteiger partial charge in [-0.15, -0.1) is 0 Å². The van der Waals surface area contributed by atoms with Gasteiger partial charge in [-0.1, -0.05) is 6.92 Å². The predicted molar refractivity (Wildman–Crippen MR) is 77.6 cm³/mol.